The molecular formula is C17H24N2O2. The van der Waals surface area contributed by atoms with Crippen LogP contribution in [0.5, 0.6) is 5.75 Å². The molecule has 2 aliphatic rings. The van der Waals surface area contributed by atoms with Gasteiger partial charge in [-0.1, -0.05) is 18.2 Å². The van der Waals surface area contributed by atoms with Crippen molar-refractivity contribution < 1.29 is 9.90 Å². The first-order valence-corrected chi connectivity index (χ1v) is 7.88. The van der Waals surface area contributed by atoms with E-state index in [0.717, 1.165) is 18.4 Å². The van der Waals surface area contributed by atoms with Gasteiger partial charge in [0.05, 0.1) is 0 Å². The number of aromatic hydroxyl groups is 1. The van der Waals surface area contributed by atoms with E-state index in [1.54, 1.807) is 17.0 Å². The number of carbonyl (C=O) groups excluding carboxylic acids is 1. The number of nitrogens with one attached hydrogen (secondary N) is 1. The van der Waals surface area contributed by atoms with Gasteiger partial charge >= 0.3 is 0 Å². The lowest BCUT2D eigenvalue weighted by atomic mass is 9.89. The minimum atomic E-state index is 0.185. The lowest BCUT2D eigenvalue weighted by Crippen LogP contribution is -2.39. The molecule has 2 N–H and O–H groups in total. The molecule has 21 heavy (non-hydrogen) atoms. The van der Waals surface area contributed by atoms with Gasteiger partial charge in [-0.25, -0.2) is 0 Å². The maximum Gasteiger partial charge on any atom is 0.222 e. The fourth-order valence-electron chi connectivity index (χ4n) is 3.73. The van der Waals surface area contributed by atoms with Crippen LogP contribution >= 0.6 is 0 Å². The Morgan fingerprint density at radius 2 is 1.95 bits per heavy atom. The molecule has 0 aliphatic carbocycles. The van der Waals surface area contributed by atoms with E-state index in [4.69, 9.17) is 0 Å². The molecule has 2 aliphatic heterocycles. The van der Waals surface area contributed by atoms with Crippen LogP contribution in [0, 0.1) is 5.92 Å². The molecular weight excluding hydrogens is 264 g/mol. The van der Waals surface area contributed by atoms with E-state index in [0.29, 0.717) is 31.0 Å². The van der Waals surface area contributed by atoms with E-state index < -0.39 is 0 Å². The maximum absolute atomic E-state index is 12.4. The monoisotopic (exact) mass is 288 g/mol. The highest BCUT2D eigenvalue weighted by molar-refractivity contribution is 5.76. The minimum absolute atomic E-state index is 0.185. The molecule has 0 radical (unpaired) electrons. The molecule has 1 amide bonds. The summed E-state index contributed by atoms with van der Waals surface area (Å²) in [7, 11) is 1.82. The summed E-state index contributed by atoms with van der Waals surface area (Å²) < 4.78 is 0. The second-order valence-corrected chi connectivity index (χ2v) is 6.56. The topological polar surface area (TPSA) is 52.6 Å². The van der Waals surface area contributed by atoms with Gasteiger partial charge in [-0.2, -0.15) is 0 Å². The van der Waals surface area contributed by atoms with Crippen LogP contribution in [-0.4, -0.2) is 35.0 Å². The van der Waals surface area contributed by atoms with Gasteiger partial charge in [0, 0.05) is 37.7 Å². The smallest absolute Gasteiger partial charge is 0.222 e. The van der Waals surface area contributed by atoms with Crippen molar-refractivity contribution >= 4 is 5.91 Å². The van der Waals surface area contributed by atoms with E-state index in [9.17, 15) is 9.90 Å². The van der Waals surface area contributed by atoms with Gasteiger partial charge in [0.15, 0.2) is 0 Å². The molecule has 1 aromatic rings. The lowest BCUT2D eigenvalue weighted by molar-refractivity contribution is -0.131. The van der Waals surface area contributed by atoms with Gasteiger partial charge in [0.25, 0.3) is 0 Å². The van der Waals surface area contributed by atoms with Crippen molar-refractivity contribution in [3.05, 3.63) is 29.8 Å². The van der Waals surface area contributed by atoms with Crippen LogP contribution in [0.4, 0.5) is 0 Å². The van der Waals surface area contributed by atoms with Gasteiger partial charge in [0.1, 0.15) is 5.75 Å². The molecule has 4 heteroatoms. The van der Waals surface area contributed by atoms with Crippen molar-refractivity contribution in [2.45, 2.75) is 50.7 Å². The van der Waals surface area contributed by atoms with Gasteiger partial charge in [-0.15, -0.1) is 0 Å². The second-order valence-electron chi connectivity index (χ2n) is 6.56. The number of piperidine rings is 1. The summed E-state index contributed by atoms with van der Waals surface area (Å²) in [5.41, 5.74) is 0.804. The molecule has 0 spiro atoms. The highest BCUT2D eigenvalue weighted by Crippen LogP contribution is 2.33. The molecule has 2 unspecified atom stereocenters. The van der Waals surface area contributed by atoms with E-state index >= 15 is 0 Å². The number of phenolic OH excluding ortho intramolecular Hbond substituents is 1. The summed E-state index contributed by atoms with van der Waals surface area (Å²) in [6, 6.07) is 8.47. The number of hydrogen-bond donors (Lipinski definition) is 2. The first kappa shape index (κ1) is 14.4. The van der Waals surface area contributed by atoms with Gasteiger partial charge in [0.2, 0.25) is 5.91 Å². The van der Waals surface area contributed by atoms with Crippen LogP contribution in [0.25, 0.3) is 0 Å². The lowest BCUT2D eigenvalue weighted by Gasteiger charge is -2.30. The number of fused-ring (bicyclic) bond motifs is 2. The number of carbonyl (C=O) groups is 1. The van der Waals surface area contributed by atoms with Crippen LogP contribution in [0.15, 0.2) is 24.3 Å². The number of benzene rings is 1. The van der Waals surface area contributed by atoms with Gasteiger partial charge in [-0.3, -0.25) is 4.79 Å². The van der Waals surface area contributed by atoms with Crippen molar-refractivity contribution in [1.29, 1.82) is 0 Å². The standard InChI is InChI=1S/C17H24N2O2/c1-19(11-13-4-2-3-5-16(13)20)17(21)10-12-8-14-6-7-15(9-12)18-14/h2-5,12,14-15,18,20H,6-11H2,1H3. The summed E-state index contributed by atoms with van der Waals surface area (Å²) in [5.74, 6) is 0.963. The Balaban J connectivity index is 1.54. The van der Waals surface area contributed by atoms with Gasteiger partial charge in [-0.05, 0) is 37.7 Å². The molecule has 114 valence electrons. The molecule has 2 atom stereocenters. The molecule has 2 heterocycles. The fourth-order valence-corrected chi connectivity index (χ4v) is 3.73. The third kappa shape index (κ3) is 3.38. The summed E-state index contributed by atoms with van der Waals surface area (Å²) in [6.45, 7) is 0.476. The summed E-state index contributed by atoms with van der Waals surface area (Å²) >= 11 is 0. The zero-order valence-corrected chi connectivity index (χ0v) is 12.6. The van der Waals surface area contributed by atoms with Crippen molar-refractivity contribution in [2.75, 3.05) is 7.05 Å². The van der Waals surface area contributed by atoms with Crippen molar-refractivity contribution in [1.82, 2.24) is 10.2 Å². The zero-order chi connectivity index (χ0) is 14.8. The zero-order valence-electron chi connectivity index (χ0n) is 12.6. The van der Waals surface area contributed by atoms with Crippen LogP contribution in [-0.2, 0) is 11.3 Å². The average molecular weight is 288 g/mol. The highest BCUT2D eigenvalue weighted by atomic mass is 16.3. The van der Waals surface area contributed by atoms with E-state index in [1.165, 1.54) is 12.8 Å². The number of hydrogen-bond acceptors (Lipinski definition) is 3. The van der Waals surface area contributed by atoms with E-state index in [2.05, 4.69) is 5.32 Å². The summed E-state index contributed by atoms with van der Waals surface area (Å²) in [5, 5.41) is 13.4. The largest absolute Gasteiger partial charge is 0.508 e. The van der Waals surface area contributed by atoms with Crippen LogP contribution < -0.4 is 5.32 Å². The number of rotatable bonds is 4. The Morgan fingerprint density at radius 3 is 2.62 bits per heavy atom. The Hall–Kier alpha value is -1.55. The predicted octanol–water partition coefficient (Wildman–Crippen LogP) is 2.27. The van der Waals surface area contributed by atoms with Crippen LogP contribution in [0.1, 0.15) is 37.7 Å². The Kier molecular flexibility index (Phi) is 4.15. The molecule has 2 saturated heterocycles. The number of nitrogens with zero attached hydrogens (tertiary/aromatic N) is 1. The normalized spacial score (nSPS) is 27.6. The first-order valence-electron chi connectivity index (χ1n) is 7.88. The number of amides is 1. The second kappa shape index (κ2) is 6.06. The third-order valence-electron chi connectivity index (χ3n) is 4.86. The molecule has 1 aromatic carbocycles. The Bertz CT molecular complexity index is 505. The van der Waals surface area contributed by atoms with Crippen molar-refractivity contribution in [3.8, 4) is 5.75 Å². The van der Waals surface area contributed by atoms with Crippen molar-refractivity contribution in [2.24, 2.45) is 5.92 Å². The molecule has 4 nitrogen and oxygen atoms in total. The maximum atomic E-state index is 12.4. The van der Waals surface area contributed by atoms with E-state index in [-0.39, 0.29) is 11.7 Å². The van der Waals surface area contributed by atoms with Crippen molar-refractivity contribution in [3.63, 3.8) is 0 Å². The fraction of sp³-hybridized carbons (Fsp3) is 0.588. The third-order valence-corrected chi connectivity index (χ3v) is 4.86. The summed E-state index contributed by atoms with van der Waals surface area (Å²) in [4.78, 5) is 14.1. The number of phenols is 1. The van der Waals surface area contributed by atoms with Gasteiger partial charge < -0.3 is 15.3 Å². The van der Waals surface area contributed by atoms with Crippen LogP contribution in [0.2, 0.25) is 0 Å². The molecule has 0 aromatic heterocycles. The SMILES string of the molecule is CN(Cc1ccccc1O)C(=O)CC1CC2CCC(C1)N2. The quantitative estimate of drug-likeness (QED) is 0.893. The molecule has 0 saturated carbocycles. The Morgan fingerprint density at radius 1 is 1.29 bits per heavy atom. The number of para-hydroxylation sites is 1. The Labute approximate surface area is 126 Å². The highest BCUT2D eigenvalue weighted by Gasteiger charge is 2.34. The molecule has 2 bridgehead atoms. The van der Waals surface area contributed by atoms with Crippen LogP contribution in [0.3, 0.4) is 0 Å². The summed E-state index contributed by atoms with van der Waals surface area (Å²) in [6.07, 6.45) is 5.43. The van der Waals surface area contributed by atoms with E-state index in [1.807, 2.05) is 19.2 Å². The predicted molar refractivity (Wildman–Crippen MR) is 81.9 cm³/mol. The first-order chi connectivity index (χ1) is 10.1. The minimum Gasteiger partial charge on any atom is -0.508 e. The molecule has 2 fully saturated rings. The molecule has 3 rings (SSSR count). The average Bonchev–Trinajstić information content (AvgIpc) is 2.80.